The minimum atomic E-state index is -3.42. The molecule has 19 heavy (non-hydrogen) atoms. The van der Waals surface area contributed by atoms with E-state index in [0.717, 1.165) is 18.6 Å². The van der Waals surface area contributed by atoms with E-state index in [4.69, 9.17) is 11.6 Å². The van der Waals surface area contributed by atoms with Crippen molar-refractivity contribution >= 4 is 60.2 Å². The minimum Gasteiger partial charge on any atom is -0.210 e. The second-order valence-corrected chi connectivity index (χ2v) is 10.0. The van der Waals surface area contributed by atoms with E-state index in [9.17, 15) is 8.42 Å². The van der Waals surface area contributed by atoms with Crippen LogP contribution in [0.3, 0.4) is 0 Å². The predicted octanol–water partition coefficient (Wildman–Crippen LogP) is 4.05. The van der Waals surface area contributed by atoms with E-state index in [1.807, 2.05) is 19.1 Å². The molecule has 0 spiro atoms. The highest BCUT2D eigenvalue weighted by atomic mass is 79.9. The molecule has 0 saturated heterocycles. The second-order valence-electron chi connectivity index (χ2n) is 3.88. The standard InChI is InChI=1S/C11H11BrClNO2S3/c1-7-6-10(18-11(7)12)19(15,16)14-5-4-8-2-3-9(13)17-8/h2-3,6,14H,4-5H2,1H3. The summed E-state index contributed by atoms with van der Waals surface area (Å²) in [6.07, 6.45) is 0.641. The molecular formula is C11H11BrClNO2S3. The molecule has 0 aliphatic heterocycles. The van der Waals surface area contributed by atoms with Gasteiger partial charge in [0.25, 0.3) is 0 Å². The molecule has 0 atom stereocenters. The molecular weight excluding hydrogens is 390 g/mol. The molecule has 0 bridgehead atoms. The average Bonchev–Trinajstić information content (AvgIpc) is 2.87. The molecule has 0 aliphatic rings. The van der Waals surface area contributed by atoms with Crippen LogP contribution in [0.25, 0.3) is 0 Å². The van der Waals surface area contributed by atoms with Crippen LogP contribution in [0.5, 0.6) is 0 Å². The number of hydrogen-bond donors (Lipinski definition) is 1. The Labute approximate surface area is 133 Å². The largest absolute Gasteiger partial charge is 0.250 e. The van der Waals surface area contributed by atoms with Gasteiger partial charge in [-0.15, -0.1) is 22.7 Å². The van der Waals surface area contributed by atoms with Gasteiger partial charge < -0.3 is 0 Å². The van der Waals surface area contributed by atoms with Crippen molar-refractivity contribution in [3.05, 3.63) is 36.8 Å². The van der Waals surface area contributed by atoms with Crippen molar-refractivity contribution in [3.8, 4) is 0 Å². The van der Waals surface area contributed by atoms with E-state index in [1.165, 1.54) is 22.7 Å². The van der Waals surface area contributed by atoms with E-state index in [1.54, 1.807) is 6.07 Å². The molecule has 2 rings (SSSR count). The number of thiophene rings is 2. The van der Waals surface area contributed by atoms with Crippen molar-refractivity contribution < 1.29 is 8.42 Å². The zero-order chi connectivity index (χ0) is 14.0. The third-order valence-electron chi connectivity index (χ3n) is 2.39. The summed E-state index contributed by atoms with van der Waals surface area (Å²) in [4.78, 5) is 1.07. The van der Waals surface area contributed by atoms with Crippen LogP contribution in [0, 0.1) is 6.92 Å². The van der Waals surface area contributed by atoms with Crippen LogP contribution in [0.2, 0.25) is 4.34 Å². The summed E-state index contributed by atoms with van der Waals surface area (Å²) in [6.45, 7) is 2.24. The number of halogens is 2. The van der Waals surface area contributed by atoms with E-state index < -0.39 is 10.0 Å². The fourth-order valence-corrected chi connectivity index (χ4v) is 5.82. The number of sulfonamides is 1. The van der Waals surface area contributed by atoms with Gasteiger partial charge in [0.15, 0.2) is 0 Å². The summed E-state index contributed by atoms with van der Waals surface area (Å²) >= 11 is 11.8. The first-order valence-electron chi connectivity index (χ1n) is 5.38. The molecule has 0 aromatic carbocycles. The summed E-state index contributed by atoms with van der Waals surface area (Å²) in [5.74, 6) is 0. The number of aryl methyl sites for hydroxylation is 1. The molecule has 0 aliphatic carbocycles. The van der Waals surface area contributed by atoms with Crippen LogP contribution in [-0.4, -0.2) is 15.0 Å². The molecule has 0 radical (unpaired) electrons. The first kappa shape index (κ1) is 15.5. The third kappa shape index (κ3) is 4.03. The highest BCUT2D eigenvalue weighted by Crippen LogP contribution is 2.30. The van der Waals surface area contributed by atoms with E-state index in [-0.39, 0.29) is 0 Å². The number of rotatable bonds is 5. The molecule has 2 heterocycles. The molecule has 3 nitrogen and oxygen atoms in total. The Kier molecular flexibility index (Phi) is 5.08. The van der Waals surface area contributed by atoms with Crippen molar-refractivity contribution in [1.29, 1.82) is 0 Å². The van der Waals surface area contributed by atoms with Crippen LogP contribution < -0.4 is 4.72 Å². The van der Waals surface area contributed by atoms with Gasteiger partial charge >= 0.3 is 0 Å². The zero-order valence-electron chi connectivity index (χ0n) is 9.94. The van der Waals surface area contributed by atoms with Gasteiger partial charge in [-0.1, -0.05) is 11.6 Å². The fourth-order valence-electron chi connectivity index (χ4n) is 1.43. The van der Waals surface area contributed by atoms with Gasteiger partial charge in [-0.05, 0) is 53.0 Å². The maximum absolute atomic E-state index is 12.0. The normalized spacial score (nSPS) is 11.9. The Morgan fingerprint density at radius 3 is 2.63 bits per heavy atom. The average molecular weight is 401 g/mol. The lowest BCUT2D eigenvalue weighted by Gasteiger charge is -2.03. The summed E-state index contributed by atoms with van der Waals surface area (Å²) in [5.41, 5.74) is 0.926. The van der Waals surface area contributed by atoms with Crippen LogP contribution in [0.1, 0.15) is 10.4 Å². The predicted molar refractivity (Wildman–Crippen MR) is 85.0 cm³/mol. The molecule has 0 saturated carbocycles. The van der Waals surface area contributed by atoms with Crippen LogP contribution in [0.15, 0.2) is 26.2 Å². The van der Waals surface area contributed by atoms with Gasteiger partial charge in [-0.3, -0.25) is 0 Å². The van der Waals surface area contributed by atoms with Gasteiger partial charge in [0.05, 0.1) is 8.12 Å². The smallest absolute Gasteiger partial charge is 0.210 e. The zero-order valence-corrected chi connectivity index (χ0v) is 14.7. The van der Waals surface area contributed by atoms with Crippen molar-refractivity contribution in [2.24, 2.45) is 0 Å². The lowest BCUT2D eigenvalue weighted by Crippen LogP contribution is -2.25. The lowest BCUT2D eigenvalue weighted by molar-refractivity contribution is 0.584. The number of nitrogens with one attached hydrogen (secondary N) is 1. The molecule has 2 aromatic rings. The minimum absolute atomic E-state index is 0.334. The van der Waals surface area contributed by atoms with E-state index >= 15 is 0 Å². The van der Waals surface area contributed by atoms with Gasteiger partial charge in [-0.2, -0.15) is 0 Å². The summed E-state index contributed by atoms with van der Waals surface area (Å²) < 4.78 is 28.6. The molecule has 0 unspecified atom stereocenters. The fraction of sp³-hybridized carbons (Fsp3) is 0.273. The highest BCUT2D eigenvalue weighted by molar-refractivity contribution is 9.11. The van der Waals surface area contributed by atoms with Crippen molar-refractivity contribution in [2.45, 2.75) is 17.6 Å². The van der Waals surface area contributed by atoms with Crippen molar-refractivity contribution in [2.75, 3.05) is 6.54 Å². The summed E-state index contributed by atoms with van der Waals surface area (Å²) in [7, 11) is -3.42. The quantitative estimate of drug-likeness (QED) is 0.823. The number of hydrogen-bond acceptors (Lipinski definition) is 4. The van der Waals surface area contributed by atoms with Gasteiger partial charge in [-0.25, -0.2) is 13.1 Å². The van der Waals surface area contributed by atoms with Gasteiger partial charge in [0, 0.05) is 11.4 Å². The monoisotopic (exact) mass is 399 g/mol. The maximum atomic E-state index is 12.0. The Morgan fingerprint density at radius 1 is 1.37 bits per heavy atom. The topological polar surface area (TPSA) is 46.2 Å². The van der Waals surface area contributed by atoms with Crippen LogP contribution in [0.4, 0.5) is 0 Å². The Balaban J connectivity index is 1.98. The SMILES string of the molecule is Cc1cc(S(=O)(=O)NCCc2ccc(Cl)s2)sc1Br. The van der Waals surface area contributed by atoms with Crippen LogP contribution >= 0.6 is 50.2 Å². The molecule has 104 valence electrons. The van der Waals surface area contributed by atoms with Crippen molar-refractivity contribution in [1.82, 2.24) is 4.72 Å². The molecule has 0 amide bonds. The van der Waals surface area contributed by atoms with Gasteiger partial charge in [0.2, 0.25) is 10.0 Å². The first-order chi connectivity index (χ1) is 8.88. The first-order valence-corrected chi connectivity index (χ1v) is 9.67. The third-order valence-corrected chi connectivity index (χ3v) is 7.75. The highest BCUT2D eigenvalue weighted by Gasteiger charge is 2.17. The van der Waals surface area contributed by atoms with E-state index in [0.29, 0.717) is 17.2 Å². The molecule has 1 N–H and O–H groups in total. The van der Waals surface area contributed by atoms with Crippen molar-refractivity contribution in [3.63, 3.8) is 0 Å². The summed E-state index contributed by atoms with van der Waals surface area (Å²) in [5, 5.41) is 0. The Morgan fingerprint density at radius 2 is 2.11 bits per heavy atom. The van der Waals surface area contributed by atoms with Gasteiger partial charge in [0.1, 0.15) is 4.21 Å². The molecule has 8 heteroatoms. The summed E-state index contributed by atoms with van der Waals surface area (Å²) in [6, 6.07) is 5.39. The maximum Gasteiger partial charge on any atom is 0.250 e. The molecule has 2 aromatic heterocycles. The lowest BCUT2D eigenvalue weighted by atomic mass is 10.3. The second kappa shape index (κ2) is 6.24. The van der Waals surface area contributed by atoms with Crippen LogP contribution in [-0.2, 0) is 16.4 Å². The Hall–Kier alpha value is 0.0800. The Bertz CT molecular complexity index is 658. The van der Waals surface area contributed by atoms with E-state index in [2.05, 4.69) is 20.7 Å². The molecule has 0 fully saturated rings.